The second-order valence-electron chi connectivity index (χ2n) is 3.31. The van der Waals surface area contributed by atoms with E-state index in [1.54, 1.807) is 7.05 Å². The van der Waals surface area contributed by atoms with Gasteiger partial charge in [0.25, 0.3) is 5.91 Å². The minimum Gasteiger partial charge on any atom is -0.409 e. The highest BCUT2D eigenvalue weighted by atomic mass is 35.5. The molecule has 0 aromatic carbocycles. The zero-order valence-corrected chi connectivity index (χ0v) is 11.3. The molecule has 1 aromatic rings. The highest BCUT2D eigenvalue weighted by Crippen LogP contribution is 2.31. The minimum atomic E-state index is -0.246. The normalized spacial score (nSPS) is 11.6. The first-order chi connectivity index (χ1) is 7.95. The summed E-state index contributed by atoms with van der Waals surface area (Å²) in [5.74, 6) is -0.178. The SMILES string of the molecule is CN(CC/C(N)=N/O)C(=O)c1cc(Cl)sc1Cl. The Morgan fingerprint density at radius 3 is 2.76 bits per heavy atom. The maximum atomic E-state index is 11.9. The minimum absolute atomic E-state index is 0.0686. The van der Waals surface area contributed by atoms with Crippen molar-refractivity contribution < 1.29 is 10.0 Å². The van der Waals surface area contributed by atoms with Gasteiger partial charge < -0.3 is 15.8 Å². The Morgan fingerprint density at radius 1 is 1.65 bits per heavy atom. The number of hydrogen-bond acceptors (Lipinski definition) is 4. The van der Waals surface area contributed by atoms with E-state index in [1.165, 1.54) is 11.0 Å². The first-order valence-corrected chi connectivity index (χ1v) is 6.19. The number of nitrogens with two attached hydrogens (primary N) is 1. The average Bonchev–Trinajstić information content (AvgIpc) is 2.63. The van der Waals surface area contributed by atoms with Gasteiger partial charge in [-0.2, -0.15) is 0 Å². The first-order valence-electron chi connectivity index (χ1n) is 4.62. The summed E-state index contributed by atoms with van der Waals surface area (Å²) in [6.07, 6.45) is 0.286. The molecule has 1 amide bonds. The number of amides is 1. The van der Waals surface area contributed by atoms with Gasteiger partial charge in [-0.3, -0.25) is 4.79 Å². The molecule has 1 rings (SSSR count). The average molecular weight is 296 g/mol. The van der Waals surface area contributed by atoms with E-state index in [9.17, 15) is 4.79 Å². The molecule has 0 aliphatic rings. The second kappa shape index (κ2) is 6.09. The zero-order chi connectivity index (χ0) is 13.0. The lowest BCUT2D eigenvalue weighted by molar-refractivity contribution is 0.0799. The number of nitrogens with zero attached hydrogens (tertiary/aromatic N) is 2. The number of rotatable bonds is 4. The summed E-state index contributed by atoms with van der Waals surface area (Å²) in [4.78, 5) is 13.4. The van der Waals surface area contributed by atoms with Gasteiger partial charge in [-0.15, -0.1) is 11.3 Å². The topological polar surface area (TPSA) is 78.9 Å². The molecule has 0 bridgehead atoms. The molecule has 0 fully saturated rings. The van der Waals surface area contributed by atoms with Crippen molar-refractivity contribution in [3.05, 3.63) is 20.3 Å². The molecular formula is C9H11Cl2N3O2S. The summed E-state index contributed by atoms with van der Waals surface area (Å²) >= 11 is 12.8. The number of amidine groups is 1. The summed E-state index contributed by atoms with van der Waals surface area (Å²) in [5.41, 5.74) is 5.68. The maximum absolute atomic E-state index is 11.9. The largest absolute Gasteiger partial charge is 0.409 e. The van der Waals surface area contributed by atoms with Crippen LogP contribution in [0.25, 0.3) is 0 Å². The van der Waals surface area contributed by atoms with Crippen molar-refractivity contribution in [1.29, 1.82) is 0 Å². The number of carbonyl (C=O) groups excluding carboxylic acids is 1. The molecule has 0 spiro atoms. The van der Waals surface area contributed by atoms with E-state index in [0.29, 0.717) is 20.8 Å². The van der Waals surface area contributed by atoms with Crippen LogP contribution in [0.15, 0.2) is 11.2 Å². The van der Waals surface area contributed by atoms with Gasteiger partial charge in [0.2, 0.25) is 0 Å². The van der Waals surface area contributed by atoms with Gasteiger partial charge >= 0.3 is 0 Å². The van der Waals surface area contributed by atoms with E-state index >= 15 is 0 Å². The Kier molecular flexibility index (Phi) is 5.04. The van der Waals surface area contributed by atoms with Crippen LogP contribution in [0.4, 0.5) is 0 Å². The highest BCUT2D eigenvalue weighted by molar-refractivity contribution is 7.20. The van der Waals surface area contributed by atoms with Crippen LogP contribution in [0.2, 0.25) is 8.67 Å². The van der Waals surface area contributed by atoms with Crippen LogP contribution in [0.5, 0.6) is 0 Å². The molecule has 0 aliphatic heterocycles. The molecule has 1 aromatic heterocycles. The number of halogens is 2. The van der Waals surface area contributed by atoms with Crippen LogP contribution in [-0.4, -0.2) is 35.4 Å². The summed E-state index contributed by atoms with van der Waals surface area (Å²) in [6, 6.07) is 1.52. The van der Waals surface area contributed by atoms with Crippen molar-refractivity contribution in [1.82, 2.24) is 4.90 Å². The zero-order valence-electron chi connectivity index (χ0n) is 8.98. The van der Waals surface area contributed by atoms with Gasteiger partial charge in [-0.05, 0) is 6.07 Å². The fourth-order valence-corrected chi connectivity index (χ4v) is 2.57. The van der Waals surface area contributed by atoms with Crippen LogP contribution in [0.3, 0.4) is 0 Å². The number of thiophene rings is 1. The molecule has 1 heterocycles. The fraction of sp³-hybridized carbons (Fsp3) is 0.333. The van der Waals surface area contributed by atoms with Crippen LogP contribution in [0, 0.1) is 0 Å². The smallest absolute Gasteiger partial charge is 0.256 e. The molecule has 17 heavy (non-hydrogen) atoms. The van der Waals surface area contributed by atoms with Gasteiger partial charge in [0.05, 0.1) is 9.90 Å². The highest BCUT2D eigenvalue weighted by Gasteiger charge is 2.18. The molecule has 8 heteroatoms. The van der Waals surface area contributed by atoms with E-state index in [1.807, 2.05) is 0 Å². The molecule has 5 nitrogen and oxygen atoms in total. The molecular weight excluding hydrogens is 285 g/mol. The lowest BCUT2D eigenvalue weighted by atomic mass is 10.3. The lowest BCUT2D eigenvalue weighted by Gasteiger charge is -2.16. The van der Waals surface area contributed by atoms with Gasteiger partial charge in [-0.25, -0.2) is 0 Å². The van der Waals surface area contributed by atoms with Crippen molar-refractivity contribution in [2.75, 3.05) is 13.6 Å². The Hall–Kier alpha value is -0.980. The van der Waals surface area contributed by atoms with Gasteiger partial charge in [0, 0.05) is 20.0 Å². The van der Waals surface area contributed by atoms with E-state index < -0.39 is 0 Å². The number of hydrogen-bond donors (Lipinski definition) is 2. The number of oxime groups is 1. The van der Waals surface area contributed by atoms with Crippen molar-refractivity contribution in [2.24, 2.45) is 10.9 Å². The Bertz CT molecular complexity index is 447. The lowest BCUT2D eigenvalue weighted by Crippen LogP contribution is -2.30. The van der Waals surface area contributed by atoms with Crippen molar-refractivity contribution in [3.63, 3.8) is 0 Å². The molecule has 0 atom stereocenters. The monoisotopic (exact) mass is 295 g/mol. The Morgan fingerprint density at radius 2 is 2.29 bits per heavy atom. The fourth-order valence-electron chi connectivity index (χ4n) is 1.13. The predicted octanol–water partition coefficient (Wildman–Crippen LogP) is 2.26. The third kappa shape index (κ3) is 3.76. The Balaban J connectivity index is 2.67. The molecule has 0 radical (unpaired) electrons. The quantitative estimate of drug-likeness (QED) is 0.387. The molecule has 0 unspecified atom stereocenters. The van der Waals surface area contributed by atoms with Gasteiger partial charge in [-0.1, -0.05) is 28.4 Å². The van der Waals surface area contributed by atoms with E-state index in [4.69, 9.17) is 34.1 Å². The summed E-state index contributed by atoms with van der Waals surface area (Å²) in [5, 5.41) is 11.2. The molecule has 0 saturated carbocycles. The molecule has 3 N–H and O–H groups in total. The standard InChI is InChI=1S/C9H11Cl2N3O2S/c1-14(3-2-7(12)13-16)9(15)5-4-6(10)17-8(5)11/h4,16H,2-3H2,1H3,(H2,12,13). The van der Waals surface area contributed by atoms with Crippen molar-refractivity contribution in [2.45, 2.75) is 6.42 Å². The van der Waals surface area contributed by atoms with E-state index in [2.05, 4.69) is 5.16 Å². The van der Waals surface area contributed by atoms with Crippen LogP contribution in [-0.2, 0) is 0 Å². The predicted molar refractivity (Wildman–Crippen MR) is 69.3 cm³/mol. The summed E-state index contributed by atoms with van der Waals surface area (Å²) in [7, 11) is 1.61. The van der Waals surface area contributed by atoms with E-state index in [-0.39, 0.29) is 18.2 Å². The first kappa shape index (κ1) is 14.1. The summed E-state index contributed by atoms with van der Waals surface area (Å²) in [6.45, 7) is 0.332. The molecule has 0 aliphatic carbocycles. The number of carbonyl (C=O) groups is 1. The van der Waals surface area contributed by atoms with Crippen molar-refractivity contribution in [3.8, 4) is 0 Å². The Labute approximate surface area is 112 Å². The van der Waals surface area contributed by atoms with Crippen LogP contribution in [0.1, 0.15) is 16.8 Å². The summed E-state index contributed by atoms with van der Waals surface area (Å²) < 4.78 is 0.818. The third-order valence-corrected chi connectivity index (χ3v) is 3.55. The maximum Gasteiger partial charge on any atom is 0.256 e. The third-order valence-electron chi connectivity index (χ3n) is 2.07. The van der Waals surface area contributed by atoms with Crippen molar-refractivity contribution >= 4 is 46.3 Å². The molecule has 94 valence electrons. The van der Waals surface area contributed by atoms with E-state index in [0.717, 1.165) is 11.3 Å². The second-order valence-corrected chi connectivity index (χ2v) is 5.59. The van der Waals surface area contributed by atoms with Gasteiger partial charge in [0.1, 0.15) is 10.2 Å². The van der Waals surface area contributed by atoms with Crippen LogP contribution >= 0.6 is 34.5 Å². The van der Waals surface area contributed by atoms with Gasteiger partial charge in [0.15, 0.2) is 0 Å². The molecule has 0 saturated heterocycles. The van der Waals surface area contributed by atoms with Crippen LogP contribution < -0.4 is 5.73 Å².